The number of thiophene rings is 1. The molecule has 4 heteroatoms. The zero-order valence-corrected chi connectivity index (χ0v) is 10.3. The Morgan fingerprint density at radius 2 is 2.38 bits per heavy atom. The van der Waals surface area contributed by atoms with Crippen LogP contribution in [0.5, 0.6) is 0 Å². The van der Waals surface area contributed by atoms with Crippen LogP contribution in [-0.2, 0) is 13.0 Å². The number of rotatable bonds is 6. The monoisotopic (exact) mass is 235 g/mol. The molecule has 0 amide bonds. The highest BCUT2D eigenvalue weighted by atomic mass is 32.1. The van der Waals surface area contributed by atoms with Gasteiger partial charge < -0.3 is 9.88 Å². The summed E-state index contributed by atoms with van der Waals surface area (Å²) in [7, 11) is 0. The van der Waals surface area contributed by atoms with E-state index in [2.05, 4.69) is 31.7 Å². The van der Waals surface area contributed by atoms with Crippen LogP contribution in [0.4, 0.5) is 0 Å². The lowest BCUT2D eigenvalue weighted by atomic mass is 10.2. The van der Waals surface area contributed by atoms with Crippen LogP contribution in [0, 0.1) is 6.92 Å². The first-order valence-corrected chi connectivity index (χ1v) is 6.50. The minimum Gasteiger partial charge on any atom is -0.334 e. The van der Waals surface area contributed by atoms with E-state index in [9.17, 15) is 0 Å². The number of aromatic nitrogens is 2. The number of imidazole rings is 1. The van der Waals surface area contributed by atoms with Crippen molar-refractivity contribution in [3.05, 3.63) is 40.6 Å². The van der Waals surface area contributed by atoms with Gasteiger partial charge in [0.15, 0.2) is 0 Å². The minimum absolute atomic E-state index is 0.996. The molecular formula is C12H17N3S. The summed E-state index contributed by atoms with van der Waals surface area (Å²) in [6, 6.07) is 2.19. The first-order chi connectivity index (χ1) is 7.86. The summed E-state index contributed by atoms with van der Waals surface area (Å²) in [5.41, 5.74) is 1.43. The molecule has 0 spiro atoms. The fraction of sp³-hybridized carbons (Fsp3) is 0.417. The van der Waals surface area contributed by atoms with Crippen molar-refractivity contribution in [3.8, 4) is 0 Å². The smallest absolute Gasteiger partial charge is 0.105 e. The van der Waals surface area contributed by atoms with E-state index in [1.165, 1.54) is 5.56 Å². The van der Waals surface area contributed by atoms with Crippen molar-refractivity contribution in [1.29, 1.82) is 0 Å². The fourth-order valence-electron chi connectivity index (χ4n) is 1.63. The normalized spacial score (nSPS) is 10.8. The number of aryl methyl sites for hydroxylation is 1. The molecule has 0 saturated carbocycles. The lowest BCUT2D eigenvalue weighted by Crippen LogP contribution is -2.22. The Labute approximate surface area is 100 Å². The molecule has 3 nitrogen and oxygen atoms in total. The summed E-state index contributed by atoms with van der Waals surface area (Å²) in [4.78, 5) is 4.19. The van der Waals surface area contributed by atoms with Gasteiger partial charge in [-0.2, -0.15) is 11.3 Å². The zero-order chi connectivity index (χ0) is 11.2. The Morgan fingerprint density at radius 3 is 3.06 bits per heavy atom. The maximum Gasteiger partial charge on any atom is 0.105 e. The van der Waals surface area contributed by atoms with Gasteiger partial charge in [-0.05, 0) is 42.3 Å². The molecule has 0 aromatic carbocycles. The predicted molar refractivity (Wildman–Crippen MR) is 67.9 cm³/mol. The summed E-state index contributed by atoms with van der Waals surface area (Å²) < 4.78 is 2.16. The Morgan fingerprint density at radius 1 is 1.44 bits per heavy atom. The number of nitrogens with zero attached hydrogens (tertiary/aromatic N) is 2. The molecule has 0 aliphatic carbocycles. The second-order valence-electron chi connectivity index (χ2n) is 3.80. The van der Waals surface area contributed by atoms with Gasteiger partial charge in [-0.1, -0.05) is 0 Å². The largest absolute Gasteiger partial charge is 0.334 e. The average molecular weight is 235 g/mol. The SMILES string of the molecule is Cc1nccn1CCNCCc1ccsc1. The topological polar surface area (TPSA) is 29.9 Å². The van der Waals surface area contributed by atoms with Crippen LogP contribution < -0.4 is 5.32 Å². The second-order valence-corrected chi connectivity index (χ2v) is 4.58. The van der Waals surface area contributed by atoms with Crippen molar-refractivity contribution >= 4 is 11.3 Å². The van der Waals surface area contributed by atoms with E-state index in [0.717, 1.165) is 31.9 Å². The molecule has 0 aliphatic rings. The molecule has 2 heterocycles. The first kappa shape index (κ1) is 11.4. The van der Waals surface area contributed by atoms with Crippen molar-refractivity contribution in [3.63, 3.8) is 0 Å². The van der Waals surface area contributed by atoms with E-state index in [4.69, 9.17) is 0 Å². The van der Waals surface area contributed by atoms with Crippen LogP contribution in [0.15, 0.2) is 29.2 Å². The van der Waals surface area contributed by atoms with Crippen LogP contribution >= 0.6 is 11.3 Å². The van der Waals surface area contributed by atoms with E-state index < -0.39 is 0 Å². The van der Waals surface area contributed by atoms with Gasteiger partial charge in [0.2, 0.25) is 0 Å². The molecular weight excluding hydrogens is 218 g/mol. The molecule has 0 aliphatic heterocycles. The zero-order valence-electron chi connectivity index (χ0n) is 9.52. The molecule has 2 aromatic rings. The number of hydrogen-bond acceptors (Lipinski definition) is 3. The minimum atomic E-state index is 0.996. The predicted octanol–water partition coefficient (Wildman–Crippen LogP) is 2.09. The second kappa shape index (κ2) is 5.82. The van der Waals surface area contributed by atoms with Gasteiger partial charge in [-0.15, -0.1) is 0 Å². The van der Waals surface area contributed by atoms with Gasteiger partial charge in [0.25, 0.3) is 0 Å². The molecule has 16 heavy (non-hydrogen) atoms. The summed E-state index contributed by atoms with van der Waals surface area (Å²) in [6.45, 7) is 5.08. The van der Waals surface area contributed by atoms with Gasteiger partial charge in [-0.3, -0.25) is 0 Å². The third-order valence-electron chi connectivity index (χ3n) is 2.62. The van der Waals surface area contributed by atoms with Crippen LogP contribution in [0.1, 0.15) is 11.4 Å². The maximum atomic E-state index is 4.19. The first-order valence-electron chi connectivity index (χ1n) is 5.56. The van der Waals surface area contributed by atoms with Crippen molar-refractivity contribution in [1.82, 2.24) is 14.9 Å². The molecule has 86 valence electrons. The van der Waals surface area contributed by atoms with E-state index in [1.807, 2.05) is 19.3 Å². The quantitative estimate of drug-likeness (QED) is 0.777. The highest BCUT2D eigenvalue weighted by Crippen LogP contribution is 2.05. The van der Waals surface area contributed by atoms with Gasteiger partial charge >= 0.3 is 0 Å². The molecule has 0 radical (unpaired) electrons. The third-order valence-corrected chi connectivity index (χ3v) is 3.36. The van der Waals surface area contributed by atoms with Crippen molar-refractivity contribution in [2.75, 3.05) is 13.1 Å². The molecule has 2 aromatic heterocycles. The summed E-state index contributed by atoms with van der Waals surface area (Å²) in [5.74, 6) is 1.08. The molecule has 0 saturated heterocycles. The van der Waals surface area contributed by atoms with Crippen LogP contribution in [0.25, 0.3) is 0 Å². The molecule has 1 N–H and O–H groups in total. The third kappa shape index (κ3) is 3.18. The molecule has 0 fully saturated rings. The van der Waals surface area contributed by atoms with E-state index in [1.54, 1.807) is 11.3 Å². The van der Waals surface area contributed by atoms with Gasteiger partial charge in [0.05, 0.1) is 0 Å². The summed E-state index contributed by atoms with van der Waals surface area (Å²) in [6.07, 6.45) is 4.99. The highest BCUT2D eigenvalue weighted by molar-refractivity contribution is 7.07. The molecule has 0 atom stereocenters. The lowest BCUT2D eigenvalue weighted by Gasteiger charge is -2.06. The highest BCUT2D eigenvalue weighted by Gasteiger charge is 1.96. The van der Waals surface area contributed by atoms with Crippen LogP contribution in [0.2, 0.25) is 0 Å². The number of nitrogens with one attached hydrogen (secondary N) is 1. The summed E-state index contributed by atoms with van der Waals surface area (Å²) in [5, 5.41) is 7.78. The molecule has 0 unspecified atom stereocenters. The Balaban J connectivity index is 1.61. The maximum absolute atomic E-state index is 4.19. The van der Waals surface area contributed by atoms with Crippen molar-refractivity contribution in [2.24, 2.45) is 0 Å². The van der Waals surface area contributed by atoms with E-state index in [0.29, 0.717) is 0 Å². The van der Waals surface area contributed by atoms with Gasteiger partial charge in [0, 0.05) is 25.5 Å². The number of hydrogen-bond donors (Lipinski definition) is 1. The molecule has 0 bridgehead atoms. The standard InChI is InChI=1S/C12H17N3S/c1-11-14-6-8-15(11)7-5-13-4-2-12-3-9-16-10-12/h3,6,8-10,13H,2,4-5,7H2,1H3. The van der Waals surface area contributed by atoms with E-state index >= 15 is 0 Å². The lowest BCUT2D eigenvalue weighted by molar-refractivity contribution is 0.589. The Kier molecular flexibility index (Phi) is 4.13. The Bertz CT molecular complexity index is 406. The Hall–Kier alpha value is -1.13. The van der Waals surface area contributed by atoms with Crippen LogP contribution in [0.3, 0.4) is 0 Å². The van der Waals surface area contributed by atoms with E-state index in [-0.39, 0.29) is 0 Å². The average Bonchev–Trinajstić information content (AvgIpc) is 2.90. The summed E-state index contributed by atoms with van der Waals surface area (Å²) >= 11 is 1.76. The van der Waals surface area contributed by atoms with Crippen LogP contribution in [-0.4, -0.2) is 22.6 Å². The van der Waals surface area contributed by atoms with Gasteiger partial charge in [0.1, 0.15) is 5.82 Å². The fourth-order valence-corrected chi connectivity index (χ4v) is 2.34. The molecule has 2 rings (SSSR count). The van der Waals surface area contributed by atoms with Crippen molar-refractivity contribution in [2.45, 2.75) is 19.9 Å². The van der Waals surface area contributed by atoms with Gasteiger partial charge in [-0.25, -0.2) is 4.98 Å². The van der Waals surface area contributed by atoms with Crippen molar-refractivity contribution < 1.29 is 0 Å².